The SMILES string of the molecule is CC(C)(C)OC(=O)CC[C@@H](C(N)=O)N1Cc2c(csc2COc2ccc(CN3CCCC3)cc2)C1=O. The molecule has 0 saturated carbocycles. The van der Waals surface area contributed by atoms with Crippen molar-refractivity contribution in [2.75, 3.05) is 13.1 Å². The van der Waals surface area contributed by atoms with E-state index in [1.54, 1.807) is 26.2 Å². The summed E-state index contributed by atoms with van der Waals surface area (Å²) in [6, 6.07) is 7.28. The van der Waals surface area contributed by atoms with Gasteiger partial charge in [0.25, 0.3) is 5.91 Å². The van der Waals surface area contributed by atoms with E-state index < -0.39 is 23.5 Å². The molecule has 2 amide bonds. The zero-order valence-electron chi connectivity index (χ0n) is 21.2. The van der Waals surface area contributed by atoms with E-state index in [9.17, 15) is 14.4 Å². The maximum Gasteiger partial charge on any atom is 0.306 e. The molecule has 0 aliphatic carbocycles. The molecule has 1 fully saturated rings. The molecule has 1 aromatic carbocycles. The lowest BCUT2D eigenvalue weighted by Gasteiger charge is -2.26. The Kier molecular flexibility index (Phi) is 8.00. The van der Waals surface area contributed by atoms with E-state index in [1.807, 2.05) is 12.1 Å². The summed E-state index contributed by atoms with van der Waals surface area (Å²) in [5, 5.41) is 1.81. The van der Waals surface area contributed by atoms with Crippen LogP contribution in [0.3, 0.4) is 0 Å². The molecule has 1 atom stereocenters. The van der Waals surface area contributed by atoms with Gasteiger partial charge in [0.1, 0.15) is 24.0 Å². The fourth-order valence-corrected chi connectivity index (χ4v) is 5.63. The van der Waals surface area contributed by atoms with Crippen molar-refractivity contribution in [3.8, 4) is 5.75 Å². The average Bonchev–Trinajstić information content (AvgIpc) is 3.52. The Balaban J connectivity index is 1.35. The Morgan fingerprint density at radius 3 is 2.47 bits per heavy atom. The Bertz CT molecular complexity index is 1100. The van der Waals surface area contributed by atoms with E-state index in [2.05, 4.69) is 17.0 Å². The number of carbonyl (C=O) groups excluding carboxylic acids is 3. The van der Waals surface area contributed by atoms with Crippen molar-refractivity contribution in [1.82, 2.24) is 9.80 Å². The summed E-state index contributed by atoms with van der Waals surface area (Å²) in [6.07, 6.45) is 2.68. The molecule has 9 heteroatoms. The largest absolute Gasteiger partial charge is 0.488 e. The number of ether oxygens (including phenoxy) is 2. The van der Waals surface area contributed by atoms with Crippen LogP contribution in [-0.4, -0.2) is 52.3 Å². The van der Waals surface area contributed by atoms with E-state index in [0.717, 1.165) is 35.8 Å². The number of primary amides is 1. The first kappa shape index (κ1) is 26.2. The summed E-state index contributed by atoms with van der Waals surface area (Å²) in [6.45, 7) is 9.25. The Labute approximate surface area is 216 Å². The van der Waals surface area contributed by atoms with Gasteiger partial charge in [-0.3, -0.25) is 19.3 Å². The minimum Gasteiger partial charge on any atom is -0.488 e. The lowest BCUT2D eigenvalue weighted by atomic mass is 10.1. The molecular weight excluding hydrogens is 478 g/mol. The van der Waals surface area contributed by atoms with Gasteiger partial charge in [-0.1, -0.05) is 12.1 Å². The molecule has 2 aromatic rings. The monoisotopic (exact) mass is 513 g/mol. The molecule has 0 bridgehead atoms. The predicted molar refractivity (Wildman–Crippen MR) is 138 cm³/mol. The quantitative estimate of drug-likeness (QED) is 0.484. The van der Waals surface area contributed by atoms with Crippen LogP contribution < -0.4 is 10.5 Å². The minimum absolute atomic E-state index is 0.00518. The first-order chi connectivity index (χ1) is 17.1. The third-order valence-electron chi connectivity index (χ3n) is 6.45. The van der Waals surface area contributed by atoms with Crippen LogP contribution in [0.1, 0.15) is 72.8 Å². The summed E-state index contributed by atoms with van der Waals surface area (Å²) in [5.41, 5.74) is 7.71. The van der Waals surface area contributed by atoms with Crippen molar-refractivity contribution in [3.63, 3.8) is 0 Å². The van der Waals surface area contributed by atoms with Crippen molar-refractivity contribution in [2.45, 2.75) is 77.8 Å². The lowest BCUT2D eigenvalue weighted by molar-refractivity contribution is -0.155. The second-order valence-electron chi connectivity index (χ2n) is 10.4. The molecule has 2 aliphatic heterocycles. The van der Waals surface area contributed by atoms with Gasteiger partial charge < -0.3 is 20.1 Å². The van der Waals surface area contributed by atoms with Gasteiger partial charge in [-0.05, 0) is 70.8 Å². The van der Waals surface area contributed by atoms with Gasteiger partial charge in [-0.2, -0.15) is 0 Å². The van der Waals surface area contributed by atoms with Gasteiger partial charge in [-0.15, -0.1) is 11.3 Å². The van der Waals surface area contributed by atoms with Gasteiger partial charge >= 0.3 is 5.97 Å². The van der Waals surface area contributed by atoms with Crippen LogP contribution in [0, 0.1) is 0 Å². The smallest absolute Gasteiger partial charge is 0.306 e. The highest BCUT2D eigenvalue weighted by Crippen LogP contribution is 2.34. The van der Waals surface area contributed by atoms with Crippen LogP contribution in [0.15, 0.2) is 29.6 Å². The highest BCUT2D eigenvalue weighted by Gasteiger charge is 2.38. The van der Waals surface area contributed by atoms with Crippen LogP contribution in [0.25, 0.3) is 0 Å². The van der Waals surface area contributed by atoms with E-state index in [0.29, 0.717) is 12.2 Å². The molecule has 1 aromatic heterocycles. The molecule has 4 rings (SSSR count). The zero-order valence-corrected chi connectivity index (χ0v) is 22.1. The number of thiophene rings is 1. The predicted octanol–water partition coefficient (Wildman–Crippen LogP) is 3.85. The summed E-state index contributed by atoms with van der Waals surface area (Å²) in [7, 11) is 0. The summed E-state index contributed by atoms with van der Waals surface area (Å²) in [4.78, 5) is 42.2. The molecule has 2 N–H and O–H groups in total. The van der Waals surface area contributed by atoms with Gasteiger partial charge in [0.15, 0.2) is 0 Å². The standard InChI is InChI=1S/C27H35N3O5S/c1-27(2,3)35-24(31)11-10-22(25(28)32)30-15-20-21(26(30)33)17-36-23(20)16-34-19-8-6-18(7-9-19)14-29-12-4-5-13-29/h6-9,17,22H,4-5,10-16H2,1-3H3,(H2,28,32)/t22-/m0/s1. The molecule has 194 valence electrons. The molecule has 0 spiro atoms. The zero-order chi connectivity index (χ0) is 25.9. The number of fused-ring (bicyclic) bond motifs is 1. The van der Waals surface area contributed by atoms with Crippen LogP contribution in [0.4, 0.5) is 0 Å². The van der Waals surface area contributed by atoms with Crippen LogP contribution >= 0.6 is 11.3 Å². The van der Waals surface area contributed by atoms with E-state index in [1.165, 1.54) is 34.6 Å². The second kappa shape index (κ2) is 11.0. The number of nitrogens with two attached hydrogens (primary N) is 1. The highest BCUT2D eigenvalue weighted by molar-refractivity contribution is 7.10. The molecule has 36 heavy (non-hydrogen) atoms. The van der Waals surface area contributed by atoms with Crippen LogP contribution in [0.5, 0.6) is 5.75 Å². The fourth-order valence-electron chi connectivity index (χ4n) is 4.68. The van der Waals surface area contributed by atoms with Gasteiger partial charge in [0.05, 0.1) is 5.56 Å². The third kappa shape index (κ3) is 6.44. The molecule has 3 heterocycles. The number of hydrogen-bond donors (Lipinski definition) is 1. The number of esters is 1. The average molecular weight is 514 g/mol. The maximum absolute atomic E-state index is 13.0. The summed E-state index contributed by atoms with van der Waals surface area (Å²) < 4.78 is 11.3. The van der Waals surface area contributed by atoms with Gasteiger partial charge in [0.2, 0.25) is 5.91 Å². The number of carbonyl (C=O) groups is 3. The molecule has 0 radical (unpaired) electrons. The van der Waals surface area contributed by atoms with Gasteiger partial charge in [-0.25, -0.2) is 0 Å². The molecule has 1 saturated heterocycles. The number of hydrogen-bond acceptors (Lipinski definition) is 7. The van der Waals surface area contributed by atoms with E-state index in [4.69, 9.17) is 15.2 Å². The van der Waals surface area contributed by atoms with Crippen molar-refractivity contribution in [2.24, 2.45) is 5.73 Å². The van der Waals surface area contributed by atoms with E-state index >= 15 is 0 Å². The number of nitrogens with zero attached hydrogens (tertiary/aromatic N) is 2. The topological polar surface area (TPSA) is 102 Å². The molecule has 8 nitrogen and oxygen atoms in total. The second-order valence-corrected chi connectivity index (χ2v) is 11.4. The molecule has 2 aliphatic rings. The molecule has 0 unspecified atom stereocenters. The van der Waals surface area contributed by atoms with Gasteiger partial charge in [0, 0.05) is 35.3 Å². The Morgan fingerprint density at radius 1 is 1.14 bits per heavy atom. The summed E-state index contributed by atoms with van der Waals surface area (Å²) in [5.74, 6) is -0.523. The molecular formula is C27H35N3O5S. The van der Waals surface area contributed by atoms with E-state index in [-0.39, 0.29) is 25.3 Å². The first-order valence-electron chi connectivity index (χ1n) is 12.5. The first-order valence-corrected chi connectivity index (χ1v) is 13.3. The normalized spacial score (nSPS) is 16.8. The maximum atomic E-state index is 13.0. The number of amides is 2. The Hall–Kier alpha value is -2.91. The number of benzene rings is 1. The Morgan fingerprint density at radius 2 is 1.83 bits per heavy atom. The van der Waals surface area contributed by atoms with Crippen molar-refractivity contribution >= 4 is 29.1 Å². The van der Waals surface area contributed by atoms with Crippen LogP contribution in [-0.2, 0) is 34.0 Å². The fraction of sp³-hybridized carbons (Fsp3) is 0.519. The summed E-state index contributed by atoms with van der Waals surface area (Å²) >= 11 is 1.48. The van der Waals surface area contributed by atoms with Crippen molar-refractivity contribution < 1.29 is 23.9 Å². The number of likely N-dealkylation sites (tertiary alicyclic amines) is 1. The van der Waals surface area contributed by atoms with Crippen molar-refractivity contribution in [1.29, 1.82) is 0 Å². The lowest BCUT2D eigenvalue weighted by Crippen LogP contribution is -2.45. The minimum atomic E-state index is -0.876. The van der Waals surface area contributed by atoms with Crippen LogP contribution in [0.2, 0.25) is 0 Å². The third-order valence-corrected chi connectivity index (χ3v) is 7.45. The number of rotatable bonds is 10. The van der Waals surface area contributed by atoms with Crippen molar-refractivity contribution in [3.05, 3.63) is 51.2 Å². The highest BCUT2D eigenvalue weighted by atomic mass is 32.1.